The number of carbonyl (C=O) groups excluding carboxylic acids is 2. The summed E-state index contributed by atoms with van der Waals surface area (Å²) in [6.45, 7) is 7.26. The monoisotopic (exact) mass is 557 g/mol. The molecule has 0 radical (unpaired) electrons. The summed E-state index contributed by atoms with van der Waals surface area (Å²) in [4.78, 5) is 26.9. The average molecular weight is 558 g/mol. The number of halogens is 1. The van der Waals surface area contributed by atoms with Crippen LogP contribution in [0, 0.1) is 6.92 Å². The number of rotatable bonds is 9. The number of methoxy groups -OCH3 is 1. The fourth-order valence-electron chi connectivity index (χ4n) is 5.01. The van der Waals surface area contributed by atoms with Crippen LogP contribution in [0.1, 0.15) is 37.8 Å². The summed E-state index contributed by atoms with van der Waals surface area (Å²) in [6.07, 6.45) is 3.86. The van der Waals surface area contributed by atoms with Crippen LogP contribution in [0.4, 0.5) is 0 Å². The number of likely N-dealkylation sites (tertiary alicyclic amines) is 1. The number of nitrogens with zero attached hydrogens (tertiary/aromatic N) is 3. The number of carbonyl (C=O) groups is 2. The van der Waals surface area contributed by atoms with Gasteiger partial charge in [-0.05, 0) is 63.1 Å². The number of sulfonamides is 1. The van der Waals surface area contributed by atoms with Gasteiger partial charge in [0.25, 0.3) is 0 Å². The number of hydrogen-bond acceptors (Lipinski definition) is 7. The zero-order valence-corrected chi connectivity index (χ0v) is 24.0. The van der Waals surface area contributed by atoms with Gasteiger partial charge in [0.1, 0.15) is 11.2 Å². The van der Waals surface area contributed by atoms with Gasteiger partial charge in [0, 0.05) is 50.0 Å². The minimum atomic E-state index is -3.95. The van der Waals surface area contributed by atoms with Crippen LogP contribution in [-0.4, -0.2) is 97.8 Å². The van der Waals surface area contributed by atoms with E-state index in [0.717, 1.165) is 24.9 Å². The van der Waals surface area contributed by atoms with E-state index >= 15 is 0 Å². The standard InChI is InChI=1S/C25H36ClN3O5S2/c1-19-6-7-23(26)15-22(19)14-20(2)36(32,33)29(12-13-30)17-25(18-34-5)27(4)16-24(35-25)8-10-28(11-9-24)21(3)31/h6-7,13-15H,8-12,16-18H2,1-5H3/b20-14+. The smallest absolute Gasteiger partial charge is 0.239 e. The third-order valence-corrected chi connectivity index (χ3v) is 11.2. The third kappa shape index (κ3) is 6.16. The number of ether oxygens (including phenoxy) is 1. The molecule has 0 aromatic heterocycles. The van der Waals surface area contributed by atoms with Crippen molar-refractivity contribution in [3.05, 3.63) is 39.3 Å². The normalized spacial score (nSPS) is 23.0. The number of benzene rings is 1. The molecule has 2 heterocycles. The van der Waals surface area contributed by atoms with E-state index in [9.17, 15) is 18.0 Å². The maximum atomic E-state index is 13.7. The van der Waals surface area contributed by atoms with Gasteiger partial charge >= 0.3 is 0 Å². The third-order valence-electron chi connectivity index (χ3n) is 7.17. The molecule has 2 saturated heterocycles. The van der Waals surface area contributed by atoms with Crippen molar-refractivity contribution >= 4 is 51.7 Å². The van der Waals surface area contributed by atoms with Crippen molar-refractivity contribution in [2.24, 2.45) is 0 Å². The van der Waals surface area contributed by atoms with Gasteiger partial charge in [0.15, 0.2) is 0 Å². The Hall–Kier alpha value is -1.43. The van der Waals surface area contributed by atoms with Crippen LogP contribution in [0.2, 0.25) is 5.02 Å². The maximum absolute atomic E-state index is 13.7. The second kappa shape index (κ2) is 11.5. The number of aldehydes is 1. The van der Waals surface area contributed by atoms with Gasteiger partial charge in [-0.1, -0.05) is 17.7 Å². The molecule has 36 heavy (non-hydrogen) atoms. The summed E-state index contributed by atoms with van der Waals surface area (Å²) >= 11 is 7.85. The first-order valence-corrected chi connectivity index (χ1v) is 14.6. The quantitative estimate of drug-likeness (QED) is 0.431. The number of aryl methyl sites for hydroxylation is 1. The summed E-state index contributed by atoms with van der Waals surface area (Å²) in [5.41, 5.74) is 1.61. The fourth-order valence-corrected chi connectivity index (χ4v) is 8.67. The van der Waals surface area contributed by atoms with Crippen molar-refractivity contribution in [3.63, 3.8) is 0 Å². The highest BCUT2D eigenvalue weighted by Gasteiger charge is 2.55. The van der Waals surface area contributed by atoms with E-state index in [1.54, 1.807) is 50.9 Å². The summed E-state index contributed by atoms with van der Waals surface area (Å²) < 4.78 is 34.1. The van der Waals surface area contributed by atoms with Gasteiger partial charge in [0.05, 0.1) is 18.1 Å². The zero-order valence-electron chi connectivity index (χ0n) is 21.6. The fraction of sp³-hybridized carbons (Fsp3) is 0.600. The summed E-state index contributed by atoms with van der Waals surface area (Å²) in [7, 11) is -0.373. The molecule has 0 N–H and O–H groups in total. The Labute approximate surface area is 224 Å². The summed E-state index contributed by atoms with van der Waals surface area (Å²) in [6, 6.07) is 5.32. The SMILES string of the molecule is COCC1(CN(CC=O)S(=O)(=O)/C(C)=C/c2cc(Cl)ccc2C)SC2(CCN(C(C)=O)CC2)CN1C. The van der Waals surface area contributed by atoms with Crippen LogP contribution in [0.5, 0.6) is 0 Å². The number of likely N-dealkylation sites (N-methyl/N-ethyl adjacent to an activating group) is 1. The Morgan fingerprint density at radius 3 is 2.53 bits per heavy atom. The molecule has 1 aromatic carbocycles. The highest BCUT2D eigenvalue weighted by molar-refractivity contribution is 8.02. The van der Waals surface area contributed by atoms with Crippen LogP contribution in [0.25, 0.3) is 6.08 Å². The molecule has 1 aromatic rings. The van der Waals surface area contributed by atoms with E-state index in [1.807, 2.05) is 24.9 Å². The largest absolute Gasteiger partial charge is 0.382 e. The van der Waals surface area contributed by atoms with Gasteiger partial charge in [-0.3, -0.25) is 9.69 Å². The van der Waals surface area contributed by atoms with E-state index in [-0.39, 0.29) is 28.6 Å². The van der Waals surface area contributed by atoms with Crippen molar-refractivity contribution in [1.29, 1.82) is 0 Å². The van der Waals surface area contributed by atoms with Crippen molar-refractivity contribution in [1.82, 2.24) is 14.1 Å². The average Bonchev–Trinajstić information content (AvgIpc) is 3.06. The summed E-state index contributed by atoms with van der Waals surface area (Å²) in [5, 5.41) is 0.519. The number of allylic oxidation sites excluding steroid dienone is 1. The lowest BCUT2D eigenvalue weighted by atomic mass is 9.95. The van der Waals surface area contributed by atoms with Gasteiger partial charge < -0.3 is 14.4 Å². The first-order valence-electron chi connectivity index (χ1n) is 11.9. The highest BCUT2D eigenvalue weighted by Crippen LogP contribution is 2.52. The zero-order chi connectivity index (χ0) is 26.7. The molecule has 0 aliphatic carbocycles. The van der Waals surface area contributed by atoms with E-state index < -0.39 is 14.9 Å². The Morgan fingerprint density at radius 2 is 1.94 bits per heavy atom. The van der Waals surface area contributed by atoms with E-state index in [1.165, 1.54) is 4.31 Å². The topological polar surface area (TPSA) is 87.2 Å². The molecule has 1 spiro atoms. The molecular formula is C25H36ClN3O5S2. The van der Waals surface area contributed by atoms with Crippen LogP contribution in [-0.2, 0) is 24.3 Å². The van der Waals surface area contributed by atoms with Crippen molar-refractivity contribution < 1.29 is 22.7 Å². The van der Waals surface area contributed by atoms with Crippen LogP contribution in [0.3, 0.4) is 0 Å². The minimum Gasteiger partial charge on any atom is -0.382 e. The molecule has 0 bridgehead atoms. The first kappa shape index (κ1) is 29.1. The maximum Gasteiger partial charge on any atom is 0.239 e. The molecule has 8 nitrogen and oxygen atoms in total. The lowest BCUT2D eigenvalue weighted by molar-refractivity contribution is -0.130. The van der Waals surface area contributed by atoms with Gasteiger partial charge in [0.2, 0.25) is 15.9 Å². The van der Waals surface area contributed by atoms with Crippen LogP contribution in [0.15, 0.2) is 23.1 Å². The molecule has 3 rings (SSSR count). The number of piperidine rings is 1. The van der Waals surface area contributed by atoms with Crippen LogP contribution >= 0.6 is 23.4 Å². The molecule has 200 valence electrons. The Balaban J connectivity index is 1.91. The number of amides is 1. The number of hydrogen-bond donors (Lipinski definition) is 0. The molecule has 1 unspecified atom stereocenters. The minimum absolute atomic E-state index is 0.0739. The van der Waals surface area contributed by atoms with Crippen molar-refractivity contribution in [3.8, 4) is 0 Å². The molecule has 11 heteroatoms. The second-order valence-electron chi connectivity index (χ2n) is 9.75. The number of thioether (sulfide) groups is 1. The molecule has 1 amide bonds. The predicted octanol–water partition coefficient (Wildman–Crippen LogP) is 3.24. The second-order valence-corrected chi connectivity index (χ2v) is 14.1. The molecule has 2 fully saturated rings. The van der Waals surface area contributed by atoms with E-state index in [0.29, 0.717) is 36.6 Å². The van der Waals surface area contributed by atoms with Gasteiger partial charge in [-0.25, -0.2) is 8.42 Å². The van der Waals surface area contributed by atoms with E-state index in [2.05, 4.69) is 4.90 Å². The molecule has 2 aliphatic rings. The lowest BCUT2D eigenvalue weighted by Crippen LogP contribution is -2.53. The van der Waals surface area contributed by atoms with Gasteiger partial charge in [-0.2, -0.15) is 4.31 Å². The van der Waals surface area contributed by atoms with Gasteiger partial charge in [-0.15, -0.1) is 11.8 Å². The van der Waals surface area contributed by atoms with Crippen molar-refractivity contribution in [2.45, 2.75) is 43.2 Å². The predicted molar refractivity (Wildman–Crippen MR) is 145 cm³/mol. The first-order chi connectivity index (χ1) is 16.9. The Morgan fingerprint density at radius 1 is 1.28 bits per heavy atom. The van der Waals surface area contributed by atoms with E-state index in [4.69, 9.17) is 16.3 Å². The summed E-state index contributed by atoms with van der Waals surface area (Å²) in [5.74, 6) is 0.0739. The Kier molecular flexibility index (Phi) is 9.33. The Bertz CT molecular complexity index is 1120. The van der Waals surface area contributed by atoms with Crippen LogP contribution < -0.4 is 0 Å². The molecule has 2 aliphatic heterocycles. The highest BCUT2D eigenvalue weighted by atomic mass is 35.5. The molecule has 1 atom stereocenters. The molecule has 0 saturated carbocycles. The lowest BCUT2D eigenvalue weighted by Gasteiger charge is -2.40. The molecular weight excluding hydrogens is 522 g/mol. The van der Waals surface area contributed by atoms with Crippen molar-refractivity contribution in [2.75, 3.05) is 53.5 Å².